The predicted octanol–water partition coefficient (Wildman–Crippen LogP) is 0.733. The zero-order valence-corrected chi connectivity index (χ0v) is 11.5. The number of hydrogen-bond acceptors (Lipinski definition) is 2. The standard InChI is InChI=1S/C10H15N3O2.BF4/c1-8-6-5-7-13(9(8)14)15-10(11-2)12(3)4;2-1(3,4)5/h5-7H,1-4H3;/q;-1/p+1. The van der Waals surface area contributed by atoms with E-state index in [-0.39, 0.29) is 5.56 Å². The third-order valence-corrected chi connectivity index (χ3v) is 1.91. The van der Waals surface area contributed by atoms with Gasteiger partial charge in [0.05, 0.1) is 21.1 Å². The van der Waals surface area contributed by atoms with E-state index >= 15 is 0 Å². The molecule has 0 aromatic carbocycles. The van der Waals surface area contributed by atoms with Gasteiger partial charge in [0.2, 0.25) is 0 Å². The molecule has 0 saturated carbocycles. The van der Waals surface area contributed by atoms with Gasteiger partial charge >= 0.3 is 13.3 Å². The Kier molecular flexibility index (Phi) is 6.81. The molecule has 0 spiro atoms. The van der Waals surface area contributed by atoms with Crippen LogP contribution >= 0.6 is 0 Å². The first-order chi connectivity index (χ1) is 9.06. The third kappa shape index (κ3) is 7.44. The second-order valence-corrected chi connectivity index (χ2v) is 3.86. The highest BCUT2D eigenvalue weighted by Crippen LogP contribution is 2.06. The van der Waals surface area contributed by atoms with E-state index in [9.17, 15) is 22.1 Å². The Bertz CT molecular complexity index is 518. The molecule has 20 heavy (non-hydrogen) atoms. The Hall–Kier alpha value is -2.00. The maximum atomic E-state index is 11.6. The fraction of sp³-hybridized carbons (Fsp3) is 0.400. The number of rotatable bonds is 1. The lowest BCUT2D eigenvalue weighted by Gasteiger charge is -2.06. The van der Waals surface area contributed by atoms with Crippen molar-refractivity contribution in [3.05, 3.63) is 34.2 Å². The van der Waals surface area contributed by atoms with Crippen LogP contribution in [-0.2, 0) is 0 Å². The smallest absolute Gasteiger partial charge is 0.418 e. The first-order valence-corrected chi connectivity index (χ1v) is 5.52. The van der Waals surface area contributed by atoms with Crippen LogP contribution in [-0.4, -0.2) is 43.7 Å². The van der Waals surface area contributed by atoms with Gasteiger partial charge in [0, 0.05) is 11.8 Å². The van der Waals surface area contributed by atoms with Gasteiger partial charge in [-0.25, -0.2) is 9.89 Å². The van der Waals surface area contributed by atoms with E-state index in [1.807, 2.05) is 14.1 Å². The van der Waals surface area contributed by atoms with Gasteiger partial charge in [0.1, 0.15) is 0 Å². The molecular formula is C10H16BF4N3O2. The minimum absolute atomic E-state index is 0.160. The number of nitrogens with zero attached hydrogens (tertiary/aromatic N) is 2. The molecule has 0 unspecified atom stereocenters. The summed E-state index contributed by atoms with van der Waals surface area (Å²) in [5.74, 6) is 0. The second kappa shape index (κ2) is 7.56. The summed E-state index contributed by atoms with van der Waals surface area (Å²) in [7, 11) is -0.616. The van der Waals surface area contributed by atoms with Gasteiger partial charge < -0.3 is 17.3 Å². The van der Waals surface area contributed by atoms with Crippen LogP contribution in [0.1, 0.15) is 5.56 Å². The molecule has 0 fully saturated rings. The first-order valence-electron chi connectivity index (χ1n) is 5.52. The Balaban J connectivity index is 0.000000621. The van der Waals surface area contributed by atoms with Crippen molar-refractivity contribution in [2.24, 2.45) is 0 Å². The van der Waals surface area contributed by atoms with Crippen molar-refractivity contribution in [3.8, 4) is 0 Å². The van der Waals surface area contributed by atoms with Crippen molar-refractivity contribution in [3.63, 3.8) is 0 Å². The molecule has 1 N–H and O–H groups in total. The highest BCUT2D eigenvalue weighted by molar-refractivity contribution is 6.50. The van der Waals surface area contributed by atoms with E-state index in [1.54, 1.807) is 36.9 Å². The Morgan fingerprint density at radius 3 is 2.25 bits per heavy atom. The Morgan fingerprint density at radius 1 is 1.35 bits per heavy atom. The quantitative estimate of drug-likeness (QED) is 0.273. The number of hydrogen-bond donors (Lipinski definition) is 1. The Labute approximate surface area is 113 Å². The molecule has 1 rings (SSSR count). The number of nitrogens with one attached hydrogen (secondary N) is 1. The number of pyridine rings is 1. The number of halogens is 4. The van der Waals surface area contributed by atoms with Crippen molar-refractivity contribution in [1.29, 1.82) is 0 Å². The maximum absolute atomic E-state index is 11.6. The lowest BCUT2D eigenvalue weighted by Crippen LogP contribution is -2.41. The summed E-state index contributed by atoms with van der Waals surface area (Å²) >= 11 is 0. The van der Waals surface area contributed by atoms with Gasteiger partial charge in [-0.15, -0.1) is 4.73 Å². The zero-order chi connectivity index (χ0) is 15.9. The van der Waals surface area contributed by atoms with Crippen molar-refractivity contribution in [2.75, 3.05) is 21.1 Å². The molecule has 0 aliphatic heterocycles. The van der Waals surface area contributed by atoms with Crippen molar-refractivity contribution < 1.29 is 26.7 Å². The first kappa shape index (κ1) is 18.0. The van der Waals surface area contributed by atoms with E-state index in [2.05, 4.69) is 5.32 Å². The maximum Gasteiger partial charge on any atom is 0.673 e. The molecular weight excluding hydrogens is 281 g/mol. The summed E-state index contributed by atoms with van der Waals surface area (Å²) in [4.78, 5) is 17.0. The highest BCUT2D eigenvalue weighted by atomic mass is 19.5. The fourth-order valence-electron chi connectivity index (χ4n) is 1.09. The van der Waals surface area contributed by atoms with Crippen molar-refractivity contribution in [1.82, 2.24) is 10.0 Å². The molecule has 0 bridgehead atoms. The van der Waals surface area contributed by atoms with Gasteiger partial charge in [-0.1, -0.05) is 6.07 Å². The minimum atomic E-state index is -6.00. The molecule has 114 valence electrons. The summed E-state index contributed by atoms with van der Waals surface area (Å²) in [6, 6.07) is 4.01. The molecule has 1 aromatic rings. The van der Waals surface area contributed by atoms with Crippen molar-refractivity contribution in [2.45, 2.75) is 6.92 Å². The lowest BCUT2D eigenvalue weighted by molar-refractivity contribution is -0.476. The van der Waals surface area contributed by atoms with Gasteiger partial charge in [0.15, 0.2) is 0 Å². The molecule has 0 atom stereocenters. The molecule has 0 amide bonds. The van der Waals surface area contributed by atoms with E-state index in [0.29, 0.717) is 11.6 Å². The summed E-state index contributed by atoms with van der Waals surface area (Å²) in [5, 5.41) is 2.86. The second-order valence-electron chi connectivity index (χ2n) is 3.86. The molecule has 1 aromatic heterocycles. The normalized spacial score (nSPS) is 10.2. The number of amidine groups is 1. The van der Waals surface area contributed by atoms with Gasteiger partial charge in [-0.05, 0) is 13.0 Å². The average Bonchev–Trinajstić information content (AvgIpc) is 2.28. The van der Waals surface area contributed by atoms with E-state index in [1.165, 1.54) is 4.73 Å². The van der Waals surface area contributed by atoms with Crippen LogP contribution in [0.4, 0.5) is 17.3 Å². The number of aromatic nitrogens is 1. The molecule has 0 saturated heterocycles. The molecule has 10 heteroatoms. The fourth-order valence-corrected chi connectivity index (χ4v) is 1.09. The summed E-state index contributed by atoms with van der Waals surface area (Å²) in [6.45, 7) is 1.75. The van der Waals surface area contributed by atoms with Crippen molar-refractivity contribution >= 4 is 13.3 Å². The van der Waals surface area contributed by atoms with Crippen LogP contribution in [0.2, 0.25) is 0 Å². The predicted molar refractivity (Wildman–Crippen MR) is 68.4 cm³/mol. The van der Waals surface area contributed by atoms with E-state index in [0.717, 1.165) is 0 Å². The molecule has 0 aliphatic rings. The zero-order valence-electron chi connectivity index (χ0n) is 11.5. The number of aryl methyl sites for hydroxylation is 1. The van der Waals surface area contributed by atoms with Crippen LogP contribution in [0.25, 0.3) is 0 Å². The van der Waals surface area contributed by atoms with Gasteiger partial charge in [0.25, 0.3) is 5.56 Å². The van der Waals surface area contributed by atoms with Gasteiger partial charge in [-0.3, -0.25) is 9.63 Å². The monoisotopic (exact) mass is 297 g/mol. The molecule has 0 radical (unpaired) electrons. The molecule has 5 nitrogen and oxygen atoms in total. The van der Waals surface area contributed by atoms with Crippen LogP contribution in [0.15, 0.2) is 23.1 Å². The largest absolute Gasteiger partial charge is 0.673 e. The highest BCUT2D eigenvalue weighted by Gasteiger charge is 2.20. The lowest BCUT2D eigenvalue weighted by atomic mass is 10.3. The van der Waals surface area contributed by atoms with Crippen LogP contribution in [0.3, 0.4) is 0 Å². The third-order valence-electron chi connectivity index (χ3n) is 1.91. The molecule has 1 heterocycles. The van der Waals surface area contributed by atoms with Crippen LogP contribution in [0, 0.1) is 6.92 Å². The van der Waals surface area contributed by atoms with E-state index < -0.39 is 7.25 Å². The van der Waals surface area contributed by atoms with E-state index in [4.69, 9.17) is 4.84 Å². The van der Waals surface area contributed by atoms with Gasteiger partial charge in [-0.2, -0.15) is 0 Å². The summed E-state index contributed by atoms with van der Waals surface area (Å²) in [5.41, 5.74) is 0.485. The Morgan fingerprint density at radius 2 is 1.85 bits per heavy atom. The minimum Gasteiger partial charge on any atom is -0.418 e. The topological polar surface area (TPSA) is 46.3 Å². The summed E-state index contributed by atoms with van der Waals surface area (Å²) in [6.07, 6.45) is 1.58. The summed E-state index contributed by atoms with van der Waals surface area (Å²) < 4.78 is 41.9. The SMILES string of the molecule is CNC(On1cccc(C)c1=O)=[N+](C)C.F[B-](F)(F)F. The van der Waals surface area contributed by atoms with Crippen LogP contribution in [0.5, 0.6) is 0 Å². The average molecular weight is 297 g/mol. The molecule has 0 aliphatic carbocycles. The van der Waals surface area contributed by atoms with Crippen LogP contribution < -0.4 is 15.7 Å².